The first-order valence-corrected chi connectivity index (χ1v) is 10.3. The van der Waals surface area contributed by atoms with E-state index >= 15 is 0 Å². The molecule has 0 fully saturated rings. The van der Waals surface area contributed by atoms with Gasteiger partial charge in [-0.1, -0.05) is 23.2 Å². The zero-order valence-electron chi connectivity index (χ0n) is 17.0. The number of carboxylic acid groups (broad SMARTS) is 1. The first kappa shape index (κ1) is 33.1. The Bertz CT molecular complexity index is 925. The van der Waals surface area contributed by atoms with Gasteiger partial charge in [0.05, 0.1) is 44.3 Å². The van der Waals surface area contributed by atoms with Crippen LogP contribution in [0.3, 0.4) is 0 Å². The Hall–Kier alpha value is -1.05. The summed E-state index contributed by atoms with van der Waals surface area (Å²) >= 11 is 16.9. The second-order valence-electron chi connectivity index (χ2n) is 5.14. The van der Waals surface area contributed by atoms with Gasteiger partial charge in [-0.15, -0.1) is 12.4 Å². The minimum atomic E-state index is -1.24. The van der Waals surface area contributed by atoms with Crippen molar-refractivity contribution >= 4 is 79.3 Å². The van der Waals surface area contributed by atoms with Gasteiger partial charge in [0.25, 0.3) is 5.91 Å². The largest absolute Gasteiger partial charge is 0.478 e. The van der Waals surface area contributed by atoms with Gasteiger partial charge in [-0.3, -0.25) is 9.63 Å². The molecule has 0 bridgehead atoms. The van der Waals surface area contributed by atoms with Crippen LogP contribution in [0.25, 0.3) is 0 Å². The van der Waals surface area contributed by atoms with Crippen LogP contribution in [0.1, 0.15) is 20.7 Å². The molecule has 2 rings (SSSR count). The number of halogens is 7. The van der Waals surface area contributed by atoms with Crippen molar-refractivity contribution in [2.24, 2.45) is 0 Å². The molecule has 2 aromatic rings. The van der Waals surface area contributed by atoms with Gasteiger partial charge in [0.2, 0.25) is 0 Å². The van der Waals surface area contributed by atoms with Crippen LogP contribution < -0.4 is 5.48 Å². The number of amides is 1. The van der Waals surface area contributed by atoms with Gasteiger partial charge >= 0.3 is 5.97 Å². The third-order valence-electron chi connectivity index (χ3n) is 3.30. The molecule has 0 heterocycles. The third kappa shape index (κ3) is 9.84. The maximum atomic E-state index is 13.3. The monoisotopic (exact) mass is 644 g/mol. The molecule has 0 atom stereocenters. The lowest BCUT2D eigenvalue weighted by molar-refractivity contribution is -0.0757. The number of carbonyl (C=O) groups is 2. The molecule has 2 N–H and O–H groups in total. The maximum Gasteiger partial charge on any atom is 0.337 e. The lowest BCUT2D eigenvalue weighted by atomic mass is 10.2. The number of rotatable bonds is 4. The topological polar surface area (TPSA) is 88.1 Å². The van der Waals surface area contributed by atoms with Crippen LogP contribution in [0.4, 0.5) is 8.78 Å². The molecule has 0 aliphatic rings. The summed E-state index contributed by atoms with van der Waals surface area (Å²) in [5, 5.41) is 8.88. The summed E-state index contributed by atoms with van der Waals surface area (Å²) in [4.78, 5) is 31.0. The normalized spacial score (nSPS) is 9.44. The third-order valence-corrected chi connectivity index (χ3v) is 5.26. The van der Waals surface area contributed by atoms with Crippen molar-refractivity contribution in [1.29, 1.82) is 0 Å². The number of aromatic carboxylic acids is 1. The van der Waals surface area contributed by atoms with Crippen LogP contribution in [0.15, 0.2) is 33.2 Å². The quantitative estimate of drug-likeness (QED) is 0.313. The Morgan fingerprint density at radius 1 is 1.00 bits per heavy atom. The van der Waals surface area contributed by atoms with E-state index < -0.39 is 23.5 Å². The van der Waals surface area contributed by atoms with Crippen LogP contribution in [0.5, 0.6) is 0 Å². The number of benzene rings is 2. The van der Waals surface area contributed by atoms with Gasteiger partial charge in [-0.2, -0.15) is 0 Å². The first-order valence-electron chi connectivity index (χ1n) is 7.96. The lowest BCUT2D eigenvalue weighted by Crippen LogP contribution is -2.25. The van der Waals surface area contributed by atoms with Crippen LogP contribution in [0, 0.1) is 11.6 Å². The van der Waals surface area contributed by atoms with E-state index in [0.29, 0.717) is 0 Å². The van der Waals surface area contributed by atoms with Crippen molar-refractivity contribution < 1.29 is 33.2 Å². The molecule has 180 valence electrons. The van der Waals surface area contributed by atoms with Crippen molar-refractivity contribution in [2.45, 2.75) is 0 Å². The molecular formula is C18H19Br2Cl3F2N2O5. The van der Waals surface area contributed by atoms with Gasteiger partial charge < -0.3 is 9.94 Å². The van der Waals surface area contributed by atoms with Gasteiger partial charge in [0.1, 0.15) is 0 Å². The Morgan fingerprint density at radius 3 is 1.72 bits per heavy atom. The fraction of sp³-hybridized carbons (Fsp3) is 0.222. The van der Waals surface area contributed by atoms with E-state index in [1.165, 1.54) is 38.4 Å². The standard InChI is InChI=1S/C9H8BrClFNO2.C7H3BrClFO2.C2H7NO.ClH/c1-13(15-2)9(14)5-3-4-6(10)8(12)7(5)11;8-4-2-1-3(7(11)12)5(9)6(4)10;1-3-4-2;/h3-4H,1-2H3;1-2H,(H,11,12);3H,1-2H3;1H. The molecule has 0 saturated heterocycles. The molecule has 2 aromatic carbocycles. The molecule has 0 saturated carbocycles. The van der Waals surface area contributed by atoms with Gasteiger partial charge in [-0.25, -0.2) is 24.1 Å². The first-order chi connectivity index (χ1) is 14.4. The summed E-state index contributed by atoms with van der Waals surface area (Å²) < 4.78 is 26.6. The van der Waals surface area contributed by atoms with E-state index in [1.54, 1.807) is 14.2 Å². The van der Waals surface area contributed by atoms with Crippen molar-refractivity contribution in [1.82, 2.24) is 10.5 Å². The maximum absolute atomic E-state index is 13.3. The Balaban J connectivity index is 0. The summed E-state index contributed by atoms with van der Waals surface area (Å²) in [7, 11) is 6.03. The SMILES string of the molecule is CNOC.CON(C)C(=O)c1ccc(Br)c(F)c1Cl.Cl.O=C(O)c1ccc(Br)c(F)c1Cl. The summed E-state index contributed by atoms with van der Waals surface area (Å²) in [5.74, 6) is -3.16. The van der Waals surface area contributed by atoms with E-state index in [-0.39, 0.29) is 42.5 Å². The smallest absolute Gasteiger partial charge is 0.337 e. The highest BCUT2D eigenvalue weighted by atomic mass is 79.9. The van der Waals surface area contributed by atoms with Gasteiger partial charge in [0, 0.05) is 14.1 Å². The highest BCUT2D eigenvalue weighted by molar-refractivity contribution is 9.10. The zero-order valence-corrected chi connectivity index (χ0v) is 22.5. The highest BCUT2D eigenvalue weighted by Gasteiger charge is 2.19. The van der Waals surface area contributed by atoms with Crippen molar-refractivity contribution in [3.8, 4) is 0 Å². The van der Waals surface area contributed by atoms with Crippen molar-refractivity contribution in [3.05, 3.63) is 66.0 Å². The van der Waals surface area contributed by atoms with E-state index in [9.17, 15) is 18.4 Å². The number of carboxylic acids is 1. The molecule has 0 aliphatic heterocycles. The van der Waals surface area contributed by atoms with Crippen molar-refractivity contribution in [3.63, 3.8) is 0 Å². The molecule has 32 heavy (non-hydrogen) atoms. The molecular weight excluding hydrogens is 628 g/mol. The Kier molecular flexibility index (Phi) is 17.1. The number of nitrogens with one attached hydrogen (secondary N) is 1. The fourth-order valence-corrected chi connectivity index (χ4v) is 3.02. The predicted octanol–water partition coefficient (Wildman–Crippen LogP) is 6.00. The van der Waals surface area contributed by atoms with E-state index in [0.717, 1.165) is 5.06 Å². The number of hydrogen-bond donors (Lipinski definition) is 2. The summed E-state index contributed by atoms with van der Waals surface area (Å²) in [6.07, 6.45) is 0. The second-order valence-corrected chi connectivity index (χ2v) is 7.61. The Labute approximate surface area is 216 Å². The summed E-state index contributed by atoms with van der Waals surface area (Å²) in [6, 6.07) is 5.37. The number of hydrogen-bond acceptors (Lipinski definition) is 5. The lowest BCUT2D eigenvalue weighted by Gasteiger charge is -2.14. The molecule has 0 spiro atoms. The van der Waals surface area contributed by atoms with Gasteiger partial charge in [0.15, 0.2) is 11.6 Å². The summed E-state index contributed by atoms with van der Waals surface area (Å²) in [5.41, 5.74) is 2.25. The Morgan fingerprint density at radius 2 is 1.38 bits per heavy atom. The van der Waals surface area contributed by atoms with Crippen LogP contribution in [-0.2, 0) is 9.68 Å². The molecule has 0 aromatic heterocycles. The van der Waals surface area contributed by atoms with Crippen LogP contribution in [0.2, 0.25) is 10.0 Å². The number of carbonyl (C=O) groups excluding carboxylic acids is 1. The molecule has 0 aliphatic carbocycles. The van der Waals surface area contributed by atoms with Crippen molar-refractivity contribution in [2.75, 3.05) is 28.3 Å². The molecule has 14 heteroatoms. The molecule has 7 nitrogen and oxygen atoms in total. The van der Waals surface area contributed by atoms with E-state index in [2.05, 4.69) is 47.0 Å². The average molecular weight is 648 g/mol. The molecule has 1 amide bonds. The van der Waals surface area contributed by atoms with Gasteiger partial charge in [-0.05, 0) is 56.1 Å². The van der Waals surface area contributed by atoms with E-state index in [4.69, 9.17) is 28.3 Å². The van der Waals surface area contributed by atoms with E-state index in [1.807, 2.05) is 0 Å². The minimum absolute atomic E-state index is 0. The molecule has 0 radical (unpaired) electrons. The number of nitrogens with zero attached hydrogens (tertiary/aromatic N) is 1. The average Bonchev–Trinajstić information content (AvgIpc) is 2.75. The fourth-order valence-electron chi connectivity index (χ4n) is 1.63. The minimum Gasteiger partial charge on any atom is -0.478 e. The number of hydroxylamine groups is 3. The zero-order chi connectivity index (χ0) is 24.3. The second kappa shape index (κ2) is 16.5. The predicted molar refractivity (Wildman–Crippen MR) is 128 cm³/mol. The highest BCUT2D eigenvalue weighted by Crippen LogP contribution is 2.28. The molecule has 0 unspecified atom stereocenters. The summed E-state index contributed by atoms with van der Waals surface area (Å²) in [6.45, 7) is 0. The van der Waals surface area contributed by atoms with Crippen LogP contribution >= 0.6 is 67.5 Å². The van der Waals surface area contributed by atoms with Crippen LogP contribution in [-0.4, -0.2) is 50.4 Å².